The summed E-state index contributed by atoms with van der Waals surface area (Å²) in [6, 6.07) is 0.573. The van der Waals surface area contributed by atoms with E-state index in [9.17, 15) is 4.79 Å². The second-order valence-electron chi connectivity index (χ2n) is 6.38. The minimum atomic E-state index is 0.184. The van der Waals surface area contributed by atoms with Crippen molar-refractivity contribution in [1.29, 1.82) is 0 Å². The zero-order valence-electron chi connectivity index (χ0n) is 12.2. The molecule has 0 spiro atoms. The van der Waals surface area contributed by atoms with Gasteiger partial charge in [0, 0.05) is 17.8 Å². The van der Waals surface area contributed by atoms with E-state index in [1.807, 2.05) is 0 Å². The van der Waals surface area contributed by atoms with Crippen LogP contribution >= 0.6 is 11.8 Å². The van der Waals surface area contributed by atoms with Gasteiger partial charge in [-0.15, -0.1) is 0 Å². The molecule has 2 fully saturated rings. The average Bonchev–Trinajstić information content (AvgIpc) is 3.00. The monoisotopic (exact) mass is 284 g/mol. The standard InChI is InChI=1S/C15H28N2OS/c1-3-13(16)8-19-9-15(18)17-10(2)14-7-11-4-5-12(14)6-11/h10-14H,3-9,16H2,1-2H3,(H,17,18). The lowest BCUT2D eigenvalue weighted by Gasteiger charge is -2.28. The second kappa shape index (κ2) is 6.98. The van der Waals surface area contributed by atoms with Gasteiger partial charge in [0.2, 0.25) is 5.91 Å². The first-order valence-electron chi connectivity index (χ1n) is 7.72. The van der Waals surface area contributed by atoms with Crippen LogP contribution < -0.4 is 11.1 Å². The molecule has 3 N–H and O–H groups in total. The first kappa shape index (κ1) is 15.2. The van der Waals surface area contributed by atoms with Gasteiger partial charge in [-0.25, -0.2) is 0 Å². The molecule has 0 heterocycles. The van der Waals surface area contributed by atoms with Crippen molar-refractivity contribution in [3.05, 3.63) is 0 Å². The molecule has 1 amide bonds. The highest BCUT2D eigenvalue weighted by Crippen LogP contribution is 2.49. The number of nitrogens with one attached hydrogen (secondary N) is 1. The Bertz CT molecular complexity index is 311. The molecule has 19 heavy (non-hydrogen) atoms. The summed E-state index contributed by atoms with van der Waals surface area (Å²) in [4.78, 5) is 11.9. The molecule has 2 aliphatic rings. The van der Waals surface area contributed by atoms with Gasteiger partial charge in [0.05, 0.1) is 5.75 Å². The third kappa shape index (κ3) is 4.12. The number of hydrogen-bond acceptors (Lipinski definition) is 3. The Balaban J connectivity index is 1.65. The van der Waals surface area contributed by atoms with Gasteiger partial charge in [0.1, 0.15) is 0 Å². The molecule has 3 nitrogen and oxygen atoms in total. The van der Waals surface area contributed by atoms with E-state index in [4.69, 9.17) is 5.73 Å². The fraction of sp³-hybridized carbons (Fsp3) is 0.933. The maximum atomic E-state index is 11.9. The van der Waals surface area contributed by atoms with E-state index in [0.29, 0.717) is 11.8 Å². The van der Waals surface area contributed by atoms with Gasteiger partial charge in [-0.1, -0.05) is 13.3 Å². The highest BCUT2D eigenvalue weighted by molar-refractivity contribution is 7.99. The lowest BCUT2D eigenvalue weighted by Crippen LogP contribution is -2.41. The van der Waals surface area contributed by atoms with E-state index in [1.165, 1.54) is 25.7 Å². The summed E-state index contributed by atoms with van der Waals surface area (Å²) in [6.07, 6.45) is 6.53. The molecule has 0 saturated heterocycles. The van der Waals surface area contributed by atoms with Crippen LogP contribution in [0.3, 0.4) is 0 Å². The Morgan fingerprint density at radius 1 is 1.42 bits per heavy atom. The van der Waals surface area contributed by atoms with Crippen molar-refractivity contribution in [2.45, 2.75) is 58.0 Å². The molecule has 110 valence electrons. The molecule has 0 aromatic carbocycles. The predicted octanol–water partition coefficient (Wildman–Crippen LogP) is 2.40. The molecular weight excluding hydrogens is 256 g/mol. The van der Waals surface area contributed by atoms with Crippen molar-refractivity contribution >= 4 is 17.7 Å². The van der Waals surface area contributed by atoms with Gasteiger partial charge in [0.15, 0.2) is 0 Å². The Kier molecular flexibility index (Phi) is 5.58. The van der Waals surface area contributed by atoms with E-state index < -0.39 is 0 Å². The van der Waals surface area contributed by atoms with E-state index in [2.05, 4.69) is 19.2 Å². The first-order chi connectivity index (χ1) is 9.10. The van der Waals surface area contributed by atoms with Crippen LogP contribution in [0.4, 0.5) is 0 Å². The fourth-order valence-electron chi connectivity index (χ4n) is 3.73. The van der Waals surface area contributed by atoms with Crippen LogP contribution in [0.25, 0.3) is 0 Å². The molecule has 0 aromatic heterocycles. The second-order valence-corrected chi connectivity index (χ2v) is 7.41. The number of carbonyl (C=O) groups excluding carboxylic acids is 1. The summed E-state index contributed by atoms with van der Waals surface area (Å²) in [5, 5.41) is 3.20. The Morgan fingerprint density at radius 3 is 2.79 bits per heavy atom. The normalized spacial score (nSPS) is 32.3. The summed E-state index contributed by atoms with van der Waals surface area (Å²) in [5.41, 5.74) is 5.85. The van der Waals surface area contributed by atoms with Crippen molar-refractivity contribution in [3.63, 3.8) is 0 Å². The predicted molar refractivity (Wildman–Crippen MR) is 82.1 cm³/mol. The van der Waals surface area contributed by atoms with Crippen LogP contribution in [0.5, 0.6) is 0 Å². The Labute approximate surface area is 121 Å². The summed E-state index contributed by atoms with van der Waals surface area (Å²) in [7, 11) is 0. The van der Waals surface area contributed by atoms with Crippen LogP contribution in [0.2, 0.25) is 0 Å². The van der Waals surface area contributed by atoms with Crippen LogP contribution in [0.15, 0.2) is 0 Å². The van der Waals surface area contributed by atoms with Crippen LogP contribution in [-0.4, -0.2) is 29.5 Å². The smallest absolute Gasteiger partial charge is 0.230 e. The summed E-state index contributed by atoms with van der Waals surface area (Å²) < 4.78 is 0. The zero-order chi connectivity index (χ0) is 13.8. The number of rotatable bonds is 7. The molecule has 2 rings (SSSR count). The third-order valence-corrected chi connectivity index (χ3v) is 6.04. The molecule has 5 unspecified atom stereocenters. The van der Waals surface area contributed by atoms with Crippen LogP contribution in [0.1, 0.15) is 46.0 Å². The molecule has 2 saturated carbocycles. The highest BCUT2D eigenvalue weighted by Gasteiger charge is 2.42. The van der Waals surface area contributed by atoms with E-state index in [-0.39, 0.29) is 11.9 Å². The highest BCUT2D eigenvalue weighted by atomic mass is 32.2. The molecule has 0 radical (unpaired) electrons. The third-order valence-electron chi connectivity index (χ3n) is 4.91. The van der Waals surface area contributed by atoms with E-state index in [0.717, 1.165) is 29.9 Å². The Morgan fingerprint density at radius 2 is 2.21 bits per heavy atom. The summed E-state index contributed by atoms with van der Waals surface area (Å²) in [5.74, 6) is 4.17. The molecule has 0 aromatic rings. The topological polar surface area (TPSA) is 55.1 Å². The SMILES string of the molecule is CCC(N)CSCC(=O)NC(C)C1CC2CCC1C2. The number of carbonyl (C=O) groups is 1. The maximum absolute atomic E-state index is 11.9. The van der Waals surface area contributed by atoms with Crippen molar-refractivity contribution < 1.29 is 4.79 Å². The van der Waals surface area contributed by atoms with Gasteiger partial charge >= 0.3 is 0 Å². The minimum absolute atomic E-state index is 0.184. The molecule has 0 aliphatic heterocycles. The van der Waals surface area contributed by atoms with Gasteiger partial charge < -0.3 is 11.1 Å². The van der Waals surface area contributed by atoms with Crippen molar-refractivity contribution in [3.8, 4) is 0 Å². The van der Waals surface area contributed by atoms with Crippen molar-refractivity contribution in [1.82, 2.24) is 5.32 Å². The number of fused-ring (bicyclic) bond motifs is 2. The molecule has 5 atom stereocenters. The average molecular weight is 284 g/mol. The van der Waals surface area contributed by atoms with Crippen molar-refractivity contribution in [2.75, 3.05) is 11.5 Å². The molecule has 4 heteroatoms. The minimum Gasteiger partial charge on any atom is -0.353 e. The molecule has 2 aliphatic carbocycles. The van der Waals surface area contributed by atoms with Crippen LogP contribution in [0, 0.1) is 17.8 Å². The Hall–Kier alpha value is -0.220. The van der Waals surface area contributed by atoms with Gasteiger partial charge in [-0.3, -0.25) is 4.79 Å². The number of hydrogen-bond donors (Lipinski definition) is 2. The lowest BCUT2D eigenvalue weighted by atomic mass is 9.84. The zero-order valence-corrected chi connectivity index (χ0v) is 13.0. The van der Waals surface area contributed by atoms with Crippen molar-refractivity contribution in [2.24, 2.45) is 23.5 Å². The van der Waals surface area contributed by atoms with Gasteiger partial charge in [-0.2, -0.15) is 11.8 Å². The largest absolute Gasteiger partial charge is 0.353 e. The van der Waals surface area contributed by atoms with Gasteiger partial charge in [0.25, 0.3) is 0 Å². The van der Waals surface area contributed by atoms with Gasteiger partial charge in [-0.05, 0) is 50.4 Å². The number of amides is 1. The lowest BCUT2D eigenvalue weighted by molar-refractivity contribution is -0.119. The molecular formula is C15H28N2OS. The maximum Gasteiger partial charge on any atom is 0.230 e. The molecule has 2 bridgehead atoms. The number of thioether (sulfide) groups is 1. The summed E-state index contributed by atoms with van der Waals surface area (Å²) in [6.45, 7) is 4.27. The van der Waals surface area contributed by atoms with E-state index in [1.54, 1.807) is 11.8 Å². The van der Waals surface area contributed by atoms with Crippen LogP contribution in [-0.2, 0) is 4.79 Å². The summed E-state index contributed by atoms with van der Waals surface area (Å²) >= 11 is 1.66. The van der Waals surface area contributed by atoms with E-state index >= 15 is 0 Å². The number of nitrogens with two attached hydrogens (primary N) is 1. The fourth-order valence-corrected chi connectivity index (χ4v) is 4.65. The quantitative estimate of drug-likeness (QED) is 0.755. The first-order valence-corrected chi connectivity index (χ1v) is 8.88.